The highest BCUT2D eigenvalue weighted by atomic mass is 16.2. The number of nitrogens with zero attached hydrogens (tertiary/aromatic N) is 2. The highest BCUT2D eigenvalue weighted by molar-refractivity contribution is 5.82. The molecule has 1 saturated carbocycles. The van der Waals surface area contributed by atoms with Gasteiger partial charge in [0.1, 0.15) is 5.82 Å². The normalized spacial score (nSPS) is 34.1. The van der Waals surface area contributed by atoms with E-state index < -0.39 is 0 Å². The Hall–Kier alpha value is -1.36. The number of carbonyl (C=O) groups is 1. The molecule has 2 aliphatic rings. The Balaban J connectivity index is 1.87. The van der Waals surface area contributed by atoms with E-state index in [9.17, 15) is 4.79 Å². The van der Waals surface area contributed by atoms with Gasteiger partial charge in [-0.05, 0) is 38.1 Å². The number of hydrogen-bond donors (Lipinski definition) is 2. The summed E-state index contributed by atoms with van der Waals surface area (Å²) in [5.74, 6) is 2.18. The first kappa shape index (κ1) is 13.6. The molecule has 0 radical (unpaired) electrons. The van der Waals surface area contributed by atoms with Gasteiger partial charge in [0.05, 0.1) is 12.6 Å². The van der Waals surface area contributed by atoms with Crippen molar-refractivity contribution in [1.29, 1.82) is 0 Å². The molecule has 5 nitrogen and oxygen atoms in total. The monoisotopic (exact) mass is 276 g/mol. The van der Waals surface area contributed by atoms with Crippen LogP contribution in [0.1, 0.15) is 38.4 Å². The Morgan fingerprint density at radius 2 is 2.35 bits per heavy atom. The molecule has 5 heteroatoms. The lowest BCUT2D eigenvalue weighted by Crippen LogP contribution is -2.49. The maximum absolute atomic E-state index is 12.9. The number of H-pyrrole nitrogens is 1. The predicted molar refractivity (Wildman–Crippen MR) is 76.9 cm³/mol. The second-order valence-corrected chi connectivity index (χ2v) is 6.24. The fourth-order valence-electron chi connectivity index (χ4n) is 4.05. The molecule has 2 fully saturated rings. The molecule has 20 heavy (non-hydrogen) atoms. The van der Waals surface area contributed by atoms with E-state index in [1.807, 2.05) is 13.2 Å². The molecule has 1 aromatic rings. The third-order valence-electron chi connectivity index (χ3n) is 5.00. The Morgan fingerprint density at radius 3 is 3.05 bits per heavy atom. The number of carbonyl (C=O) groups excluding carboxylic acids is 1. The first-order valence-electron chi connectivity index (χ1n) is 7.66. The van der Waals surface area contributed by atoms with Gasteiger partial charge in [0.25, 0.3) is 0 Å². The number of imidazole rings is 1. The molecular weight excluding hydrogens is 252 g/mol. The molecule has 1 amide bonds. The summed E-state index contributed by atoms with van der Waals surface area (Å²) in [7, 11) is 1.89. The van der Waals surface area contributed by atoms with Crippen molar-refractivity contribution in [2.45, 2.75) is 51.2 Å². The average Bonchev–Trinajstić information content (AvgIpc) is 3.06. The van der Waals surface area contributed by atoms with Crippen LogP contribution in [0.3, 0.4) is 0 Å². The van der Waals surface area contributed by atoms with Crippen LogP contribution in [-0.4, -0.2) is 39.9 Å². The van der Waals surface area contributed by atoms with Crippen LogP contribution >= 0.6 is 0 Å². The summed E-state index contributed by atoms with van der Waals surface area (Å²) in [6.07, 6.45) is 8.36. The quantitative estimate of drug-likeness (QED) is 0.880. The minimum absolute atomic E-state index is 0.0597. The zero-order chi connectivity index (χ0) is 14.1. The SMILES string of the molecule is CNC1C(=O)N(Cc2ncc[nH]2)C2CCCC2CC1C. The fourth-order valence-corrected chi connectivity index (χ4v) is 4.05. The van der Waals surface area contributed by atoms with Crippen molar-refractivity contribution >= 4 is 5.91 Å². The molecule has 0 spiro atoms. The number of aromatic nitrogens is 2. The summed E-state index contributed by atoms with van der Waals surface area (Å²) in [5, 5.41) is 3.22. The molecule has 4 unspecified atom stereocenters. The topological polar surface area (TPSA) is 61.0 Å². The molecule has 1 saturated heterocycles. The van der Waals surface area contributed by atoms with Gasteiger partial charge in [-0.2, -0.15) is 0 Å². The van der Waals surface area contributed by atoms with E-state index in [0.717, 1.165) is 18.7 Å². The van der Waals surface area contributed by atoms with E-state index in [-0.39, 0.29) is 11.9 Å². The Kier molecular flexibility index (Phi) is 3.78. The summed E-state index contributed by atoms with van der Waals surface area (Å²) in [6.45, 7) is 2.81. The van der Waals surface area contributed by atoms with Gasteiger partial charge < -0.3 is 15.2 Å². The first-order valence-corrected chi connectivity index (χ1v) is 7.66. The number of fused-ring (bicyclic) bond motifs is 1. The zero-order valence-corrected chi connectivity index (χ0v) is 12.3. The predicted octanol–water partition coefficient (Wildman–Crippen LogP) is 1.53. The minimum atomic E-state index is -0.0597. The standard InChI is InChI=1S/C15H24N4O/c1-10-8-11-4-3-5-12(11)19(15(20)14(10)16-2)9-13-17-6-7-18-13/h6-7,10-12,14,16H,3-5,8-9H2,1-2H3,(H,17,18). The third-order valence-corrected chi connectivity index (χ3v) is 5.00. The molecule has 2 N–H and O–H groups in total. The van der Waals surface area contributed by atoms with Crippen molar-refractivity contribution in [1.82, 2.24) is 20.2 Å². The first-order chi connectivity index (χ1) is 9.70. The van der Waals surface area contributed by atoms with Crippen molar-refractivity contribution in [3.63, 3.8) is 0 Å². The van der Waals surface area contributed by atoms with Gasteiger partial charge in [0.15, 0.2) is 0 Å². The lowest BCUT2D eigenvalue weighted by atomic mass is 9.90. The molecule has 1 aromatic heterocycles. The van der Waals surface area contributed by atoms with E-state index >= 15 is 0 Å². The second kappa shape index (κ2) is 5.56. The number of aromatic amines is 1. The summed E-state index contributed by atoms with van der Waals surface area (Å²) in [4.78, 5) is 22.4. The van der Waals surface area contributed by atoms with Crippen LogP contribution in [0.15, 0.2) is 12.4 Å². The van der Waals surface area contributed by atoms with Crippen LogP contribution in [0.2, 0.25) is 0 Å². The molecule has 1 aliphatic heterocycles. The van der Waals surface area contributed by atoms with Gasteiger partial charge in [-0.1, -0.05) is 13.3 Å². The highest BCUT2D eigenvalue weighted by Gasteiger charge is 2.43. The Morgan fingerprint density at radius 1 is 1.50 bits per heavy atom. The van der Waals surface area contributed by atoms with Gasteiger partial charge in [0, 0.05) is 18.4 Å². The lowest BCUT2D eigenvalue weighted by Gasteiger charge is -2.31. The van der Waals surface area contributed by atoms with Gasteiger partial charge >= 0.3 is 0 Å². The molecule has 2 heterocycles. The van der Waals surface area contributed by atoms with E-state index in [1.54, 1.807) is 6.20 Å². The second-order valence-electron chi connectivity index (χ2n) is 6.24. The van der Waals surface area contributed by atoms with Crippen molar-refractivity contribution in [2.75, 3.05) is 7.05 Å². The highest BCUT2D eigenvalue weighted by Crippen LogP contribution is 2.38. The average molecular weight is 276 g/mol. The Labute approximate surface area is 120 Å². The maximum atomic E-state index is 12.9. The number of hydrogen-bond acceptors (Lipinski definition) is 3. The summed E-state index contributed by atoms with van der Waals surface area (Å²) >= 11 is 0. The van der Waals surface area contributed by atoms with E-state index in [1.165, 1.54) is 12.8 Å². The largest absolute Gasteiger partial charge is 0.347 e. The van der Waals surface area contributed by atoms with Crippen LogP contribution in [0.4, 0.5) is 0 Å². The number of likely N-dealkylation sites (N-methyl/N-ethyl adjacent to an activating group) is 1. The van der Waals surface area contributed by atoms with Crippen LogP contribution in [0.25, 0.3) is 0 Å². The smallest absolute Gasteiger partial charge is 0.240 e. The van der Waals surface area contributed by atoms with Crippen molar-refractivity contribution in [3.05, 3.63) is 18.2 Å². The van der Waals surface area contributed by atoms with Crippen molar-refractivity contribution in [2.24, 2.45) is 11.8 Å². The Bertz CT molecular complexity index is 458. The van der Waals surface area contributed by atoms with Crippen LogP contribution in [0, 0.1) is 11.8 Å². The number of amides is 1. The fraction of sp³-hybridized carbons (Fsp3) is 0.733. The molecule has 3 rings (SSSR count). The van der Waals surface area contributed by atoms with Gasteiger partial charge in [-0.3, -0.25) is 4.79 Å². The van der Waals surface area contributed by atoms with E-state index in [4.69, 9.17) is 0 Å². The molecule has 0 aromatic carbocycles. The summed E-state index contributed by atoms with van der Waals surface area (Å²) in [6, 6.07) is 0.337. The summed E-state index contributed by atoms with van der Waals surface area (Å²) < 4.78 is 0. The molecule has 4 atom stereocenters. The van der Waals surface area contributed by atoms with Gasteiger partial charge in [0.2, 0.25) is 5.91 Å². The molecule has 110 valence electrons. The number of likely N-dealkylation sites (tertiary alicyclic amines) is 1. The van der Waals surface area contributed by atoms with Crippen LogP contribution in [-0.2, 0) is 11.3 Å². The zero-order valence-electron chi connectivity index (χ0n) is 12.3. The van der Waals surface area contributed by atoms with Crippen molar-refractivity contribution < 1.29 is 4.79 Å². The molecular formula is C15H24N4O. The minimum Gasteiger partial charge on any atom is -0.347 e. The number of rotatable bonds is 3. The van der Waals surface area contributed by atoms with E-state index in [2.05, 4.69) is 27.1 Å². The molecule has 1 aliphatic carbocycles. The van der Waals surface area contributed by atoms with Crippen molar-refractivity contribution in [3.8, 4) is 0 Å². The van der Waals surface area contributed by atoms with Gasteiger partial charge in [-0.25, -0.2) is 4.98 Å². The van der Waals surface area contributed by atoms with E-state index in [0.29, 0.717) is 24.4 Å². The van der Waals surface area contributed by atoms with Crippen LogP contribution in [0.5, 0.6) is 0 Å². The lowest BCUT2D eigenvalue weighted by molar-refractivity contribution is -0.136. The summed E-state index contributed by atoms with van der Waals surface area (Å²) in [5.41, 5.74) is 0. The third kappa shape index (κ3) is 2.35. The maximum Gasteiger partial charge on any atom is 0.240 e. The van der Waals surface area contributed by atoms with Crippen LogP contribution < -0.4 is 5.32 Å². The van der Waals surface area contributed by atoms with Gasteiger partial charge in [-0.15, -0.1) is 0 Å². The molecule has 0 bridgehead atoms. The number of nitrogens with one attached hydrogen (secondary N) is 2.